The maximum atomic E-state index is 12.8. The van der Waals surface area contributed by atoms with E-state index in [4.69, 9.17) is 0 Å². The van der Waals surface area contributed by atoms with E-state index in [1.807, 2.05) is 48.5 Å². The first kappa shape index (κ1) is 16.6. The number of hydrogen-bond donors (Lipinski definition) is 1. The number of thiazole rings is 1. The van der Waals surface area contributed by atoms with Crippen LogP contribution < -0.4 is 5.32 Å². The van der Waals surface area contributed by atoms with Gasteiger partial charge >= 0.3 is 0 Å². The molecule has 5 aromatic rings. The molecule has 0 atom stereocenters. The van der Waals surface area contributed by atoms with Crippen LogP contribution in [0.5, 0.6) is 0 Å². The van der Waals surface area contributed by atoms with Crippen molar-refractivity contribution in [3.63, 3.8) is 0 Å². The number of carbonyl (C=O) groups excluding carboxylic acids is 1. The minimum absolute atomic E-state index is 0.180. The molecule has 0 saturated heterocycles. The molecule has 5 rings (SSSR count). The predicted octanol–water partition coefficient (Wildman–Crippen LogP) is 5.76. The molecule has 0 bridgehead atoms. The molecule has 0 saturated carbocycles. The third kappa shape index (κ3) is 3.02. The summed E-state index contributed by atoms with van der Waals surface area (Å²) >= 11 is 1.47. The Bertz CT molecular complexity index is 1310. The highest BCUT2D eigenvalue weighted by molar-refractivity contribution is 7.22. The van der Waals surface area contributed by atoms with Crippen LogP contribution in [0, 0.1) is 0 Å². The number of fused-ring (bicyclic) bond motifs is 2. The lowest BCUT2D eigenvalue weighted by Crippen LogP contribution is -2.12. The number of nitrogens with one attached hydrogen (secondary N) is 1. The van der Waals surface area contributed by atoms with E-state index in [1.54, 1.807) is 12.3 Å². The molecule has 5 heteroatoms. The smallest absolute Gasteiger partial charge is 0.258 e. The van der Waals surface area contributed by atoms with Gasteiger partial charge in [0.25, 0.3) is 5.91 Å². The quantitative estimate of drug-likeness (QED) is 0.432. The zero-order chi connectivity index (χ0) is 18.9. The summed E-state index contributed by atoms with van der Waals surface area (Å²) in [7, 11) is 0. The van der Waals surface area contributed by atoms with E-state index in [0.29, 0.717) is 10.7 Å². The van der Waals surface area contributed by atoms with E-state index in [9.17, 15) is 4.79 Å². The maximum Gasteiger partial charge on any atom is 0.258 e. The zero-order valence-corrected chi connectivity index (χ0v) is 15.6. The molecule has 28 heavy (non-hydrogen) atoms. The lowest BCUT2D eigenvalue weighted by atomic mass is 10.1. The highest BCUT2D eigenvalue weighted by atomic mass is 32.1. The molecule has 2 heterocycles. The molecule has 4 nitrogen and oxygen atoms in total. The first-order chi connectivity index (χ1) is 13.8. The lowest BCUT2D eigenvalue weighted by molar-refractivity contribution is 0.102. The standard InChI is InChI=1S/C23H15N3OS/c27-22(18-12-13-24-19-9-5-4-8-17(18)19)26-23-25-20-14-16(10-11-21(20)28-23)15-6-2-1-3-7-15/h1-14H,(H,25,26,27). The van der Waals surface area contributed by atoms with Crippen molar-refractivity contribution >= 4 is 43.5 Å². The second-order valence-electron chi connectivity index (χ2n) is 6.40. The van der Waals surface area contributed by atoms with E-state index < -0.39 is 0 Å². The lowest BCUT2D eigenvalue weighted by Gasteiger charge is -2.05. The number of aromatic nitrogens is 2. The third-order valence-electron chi connectivity index (χ3n) is 4.61. The van der Waals surface area contributed by atoms with Gasteiger partial charge in [-0.3, -0.25) is 15.1 Å². The highest BCUT2D eigenvalue weighted by Gasteiger charge is 2.13. The Morgan fingerprint density at radius 2 is 1.64 bits per heavy atom. The second kappa shape index (κ2) is 6.87. The molecule has 0 unspecified atom stereocenters. The van der Waals surface area contributed by atoms with Crippen LogP contribution in [-0.4, -0.2) is 15.9 Å². The number of rotatable bonds is 3. The van der Waals surface area contributed by atoms with Crippen LogP contribution in [0.4, 0.5) is 5.13 Å². The third-order valence-corrected chi connectivity index (χ3v) is 5.56. The number of amides is 1. The van der Waals surface area contributed by atoms with Gasteiger partial charge in [-0.1, -0.05) is 65.9 Å². The number of pyridine rings is 1. The fourth-order valence-electron chi connectivity index (χ4n) is 3.25. The van der Waals surface area contributed by atoms with Gasteiger partial charge < -0.3 is 0 Å². The highest BCUT2D eigenvalue weighted by Crippen LogP contribution is 2.30. The Morgan fingerprint density at radius 1 is 0.821 bits per heavy atom. The Kier molecular flexibility index (Phi) is 4.07. The summed E-state index contributed by atoms with van der Waals surface area (Å²) < 4.78 is 1.04. The Labute approximate surface area is 165 Å². The monoisotopic (exact) mass is 381 g/mol. The number of carbonyl (C=O) groups is 1. The van der Waals surface area contributed by atoms with Crippen molar-refractivity contribution in [3.8, 4) is 11.1 Å². The first-order valence-corrected chi connectivity index (χ1v) is 9.71. The molecule has 0 aliphatic rings. The largest absolute Gasteiger partial charge is 0.298 e. The molecule has 0 aliphatic carbocycles. The molecule has 3 aromatic carbocycles. The van der Waals surface area contributed by atoms with Gasteiger partial charge in [0, 0.05) is 11.6 Å². The summed E-state index contributed by atoms with van der Waals surface area (Å²) in [5.41, 5.74) is 4.52. The van der Waals surface area contributed by atoms with Crippen LogP contribution in [0.1, 0.15) is 10.4 Å². The van der Waals surface area contributed by atoms with Gasteiger partial charge in [0.05, 0.1) is 21.3 Å². The molecule has 134 valence electrons. The Balaban J connectivity index is 1.47. The van der Waals surface area contributed by atoms with Crippen molar-refractivity contribution in [2.24, 2.45) is 0 Å². The van der Waals surface area contributed by atoms with Gasteiger partial charge in [-0.05, 0) is 35.4 Å². The molecular formula is C23H15N3OS. The van der Waals surface area contributed by atoms with Crippen LogP contribution in [0.15, 0.2) is 85.1 Å². The molecule has 1 N–H and O–H groups in total. The molecule has 0 radical (unpaired) electrons. The van der Waals surface area contributed by atoms with E-state index in [-0.39, 0.29) is 5.91 Å². The van der Waals surface area contributed by atoms with E-state index in [1.165, 1.54) is 11.3 Å². The van der Waals surface area contributed by atoms with Crippen molar-refractivity contribution in [1.82, 2.24) is 9.97 Å². The predicted molar refractivity (Wildman–Crippen MR) is 115 cm³/mol. The molecule has 0 spiro atoms. The van der Waals surface area contributed by atoms with Crippen LogP contribution >= 0.6 is 11.3 Å². The summed E-state index contributed by atoms with van der Waals surface area (Å²) in [5, 5.41) is 4.36. The van der Waals surface area contributed by atoms with Gasteiger partial charge in [0.2, 0.25) is 0 Å². The van der Waals surface area contributed by atoms with Gasteiger partial charge in [-0.2, -0.15) is 0 Å². The maximum absolute atomic E-state index is 12.8. The number of anilines is 1. The van der Waals surface area contributed by atoms with Crippen molar-refractivity contribution in [1.29, 1.82) is 0 Å². The van der Waals surface area contributed by atoms with Crippen LogP contribution in [0.2, 0.25) is 0 Å². The van der Waals surface area contributed by atoms with Crippen molar-refractivity contribution in [2.45, 2.75) is 0 Å². The van der Waals surface area contributed by atoms with Gasteiger partial charge in [0.1, 0.15) is 0 Å². The molecule has 1 amide bonds. The van der Waals surface area contributed by atoms with E-state index >= 15 is 0 Å². The summed E-state index contributed by atoms with van der Waals surface area (Å²) in [6.45, 7) is 0. The average Bonchev–Trinajstić information content (AvgIpc) is 3.15. The minimum atomic E-state index is -0.180. The van der Waals surface area contributed by atoms with Gasteiger partial charge in [0.15, 0.2) is 5.13 Å². The molecule has 2 aromatic heterocycles. The van der Waals surface area contributed by atoms with Crippen LogP contribution in [-0.2, 0) is 0 Å². The fourth-order valence-corrected chi connectivity index (χ4v) is 4.09. The van der Waals surface area contributed by atoms with Crippen LogP contribution in [0.25, 0.3) is 32.2 Å². The number of hydrogen-bond acceptors (Lipinski definition) is 4. The summed E-state index contributed by atoms with van der Waals surface area (Å²) in [6.07, 6.45) is 1.65. The fraction of sp³-hybridized carbons (Fsp3) is 0. The molecule has 0 aliphatic heterocycles. The van der Waals surface area contributed by atoms with E-state index in [0.717, 1.165) is 32.2 Å². The normalized spacial score (nSPS) is 11.0. The summed E-state index contributed by atoms with van der Waals surface area (Å²) in [4.78, 5) is 21.7. The second-order valence-corrected chi connectivity index (χ2v) is 7.43. The van der Waals surface area contributed by atoms with Crippen molar-refractivity contribution in [2.75, 3.05) is 5.32 Å². The molecule has 0 fully saturated rings. The summed E-state index contributed by atoms with van der Waals surface area (Å²) in [5.74, 6) is -0.180. The zero-order valence-electron chi connectivity index (χ0n) is 14.8. The average molecular weight is 381 g/mol. The molecular weight excluding hydrogens is 366 g/mol. The first-order valence-electron chi connectivity index (χ1n) is 8.89. The minimum Gasteiger partial charge on any atom is -0.298 e. The topological polar surface area (TPSA) is 54.9 Å². The van der Waals surface area contributed by atoms with Crippen molar-refractivity contribution in [3.05, 3.63) is 90.6 Å². The van der Waals surface area contributed by atoms with Crippen molar-refractivity contribution < 1.29 is 4.79 Å². The van der Waals surface area contributed by atoms with Crippen LogP contribution in [0.3, 0.4) is 0 Å². The van der Waals surface area contributed by atoms with Gasteiger partial charge in [-0.15, -0.1) is 0 Å². The van der Waals surface area contributed by atoms with Gasteiger partial charge in [-0.25, -0.2) is 4.98 Å². The number of benzene rings is 3. The van der Waals surface area contributed by atoms with E-state index in [2.05, 4.69) is 39.6 Å². The Hall–Kier alpha value is -3.57. The SMILES string of the molecule is O=C(Nc1nc2cc(-c3ccccc3)ccc2s1)c1ccnc2ccccc12. The summed E-state index contributed by atoms with van der Waals surface area (Å²) in [6, 6.07) is 25.7. The number of para-hydroxylation sites is 1. The Morgan fingerprint density at radius 3 is 2.54 bits per heavy atom. The number of nitrogens with zero attached hydrogens (tertiary/aromatic N) is 2.